The molecule has 3 rings (SSSR count). The molecule has 2 aromatic rings. The highest BCUT2D eigenvalue weighted by atomic mass is 16.6. The van der Waals surface area contributed by atoms with Crippen molar-refractivity contribution in [3.05, 3.63) is 23.3 Å². The highest BCUT2D eigenvalue weighted by molar-refractivity contribution is 5.70. The first-order valence-electron chi connectivity index (χ1n) is 6.19. The van der Waals surface area contributed by atoms with Gasteiger partial charge < -0.3 is 4.84 Å². The highest BCUT2D eigenvalue weighted by Gasteiger charge is 2.29. The molecule has 0 atom stereocenters. The van der Waals surface area contributed by atoms with E-state index in [1.54, 1.807) is 0 Å². The monoisotopic (exact) mass is 263 g/mol. The van der Waals surface area contributed by atoms with Crippen molar-refractivity contribution in [3.63, 3.8) is 0 Å². The number of rotatable bonds is 2. The Morgan fingerprint density at radius 2 is 2.00 bits per heavy atom. The van der Waals surface area contributed by atoms with E-state index < -0.39 is 0 Å². The maximum absolute atomic E-state index is 9.87. The minimum atomic E-state index is 0.0998. The van der Waals surface area contributed by atoms with Crippen LogP contribution in [0.1, 0.15) is 18.1 Å². The Morgan fingerprint density at radius 1 is 1.37 bits per heavy atom. The van der Waals surface area contributed by atoms with E-state index in [1.165, 1.54) is 23.0 Å². The normalized spacial score (nSPS) is 14.8. The number of nitrogens with zero attached hydrogens (tertiary/aromatic N) is 4. The van der Waals surface area contributed by atoms with Crippen LogP contribution in [-0.2, 0) is 13.1 Å². The molecule has 7 nitrogen and oxygen atoms in total. The molecule has 0 spiro atoms. The fraction of sp³-hybridized carbons (Fsp3) is 0.417. The predicted octanol–water partition coefficient (Wildman–Crippen LogP) is -0.977. The third kappa shape index (κ3) is 1.74. The molecule has 0 aliphatic carbocycles. The second kappa shape index (κ2) is 4.20. The lowest BCUT2D eigenvalue weighted by atomic mass is 10.1. The van der Waals surface area contributed by atoms with Crippen LogP contribution in [0.3, 0.4) is 0 Å². The quantitative estimate of drug-likeness (QED) is 0.538. The van der Waals surface area contributed by atoms with Gasteiger partial charge in [0.1, 0.15) is 7.11 Å². The van der Waals surface area contributed by atoms with Crippen molar-refractivity contribution in [1.82, 2.24) is 10.00 Å². The number of aromatic nitrogens is 3. The summed E-state index contributed by atoms with van der Waals surface area (Å²) in [6, 6.07) is 3.93. The molecule has 1 aliphatic rings. The molecular weight excluding hydrogens is 246 g/mol. The SMILES string of the molecule is CCN1Cc2cc3c(cc2C1)[n+](OC)c(N)n[n+]3O. The molecule has 3 N–H and O–H groups in total. The first-order valence-corrected chi connectivity index (χ1v) is 6.19. The van der Waals surface area contributed by atoms with Crippen molar-refractivity contribution in [2.45, 2.75) is 20.0 Å². The lowest BCUT2D eigenvalue weighted by Gasteiger charge is -2.09. The largest absolute Gasteiger partial charge is 0.498 e. The number of nitrogens with two attached hydrogens (primary N) is 1. The number of benzene rings is 1. The molecule has 0 unspecified atom stereocenters. The van der Waals surface area contributed by atoms with Gasteiger partial charge >= 0.3 is 11.5 Å². The van der Waals surface area contributed by atoms with Gasteiger partial charge in [-0.15, -0.1) is 0 Å². The van der Waals surface area contributed by atoms with Gasteiger partial charge in [0.2, 0.25) is 10.4 Å². The van der Waals surface area contributed by atoms with E-state index >= 15 is 0 Å². The molecule has 0 fully saturated rings. The highest BCUT2D eigenvalue weighted by Crippen LogP contribution is 2.25. The average Bonchev–Trinajstić information content (AvgIpc) is 2.79. The Morgan fingerprint density at radius 3 is 2.58 bits per heavy atom. The number of hydrogen-bond donors (Lipinski definition) is 2. The first-order chi connectivity index (χ1) is 9.13. The summed E-state index contributed by atoms with van der Waals surface area (Å²) >= 11 is 0. The molecule has 0 radical (unpaired) electrons. The summed E-state index contributed by atoms with van der Waals surface area (Å²) in [5.74, 6) is 0.0998. The summed E-state index contributed by atoms with van der Waals surface area (Å²) in [6.45, 7) is 4.92. The van der Waals surface area contributed by atoms with Gasteiger partial charge in [-0.05, 0) is 28.5 Å². The van der Waals surface area contributed by atoms with Gasteiger partial charge in [-0.25, -0.2) is 5.21 Å². The van der Waals surface area contributed by atoms with Gasteiger partial charge in [-0.3, -0.25) is 10.6 Å². The van der Waals surface area contributed by atoms with Gasteiger partial charge in [-0.1, -0.05) is 6.92 Å². The topological polar surface area (TPSA) is 79.4 Å². The number of anilines is 1. The fourth-order valence-electron chi connectivity index (χ4n) is 2.55. The van der Waals surface area contributed by atoms with Crippen LogP contribution in [-0.4, -0.2) is 28.9 Å². The molecule has 0 bridgehead atoms. The van der Waals surface area contributed by atoms with Crippen molar-refractivity contribution >= 4 is 17.0 Å². The minimum Gasteiger partial charge on any atom is -0.359 e. The van der Waals surface area contributed by atoms with Crippen molar-refractivity contribution in [3.8, 4) is 0 Å². The van der Waals surface area contributed by atoms with Crippen molar-refractivity contribution in [2.24, 2.45) is 0 Å². The smallest absolute Gasteiger partial charge is 0.359 e. The van der Waals surface area contributed by atoms with E-state index in [0.29, 0.717) is 11.0 Å². The number of nitrogen functional groups attached to an aromatic ring is 1. The third-order valence-corrected chi connectivity index (χ3v) is 3.55. The molecule has 0 amide bonds. The summed E-state index contributed by atoms with van der Waals surface area (Å²) < 4.78 is 1.41. The summed E-state index contributed by atoms with van der Waals surface area (Å²) in [5.41, 5.74) is 9.44. The molecule has 1 aliphatic heterocycles. The molecule has 2 heterocycles. The van der Waals surface area contributed by atoms with E-state index in [2.05, 4.69) is 16.9 Å². The van der Waals surface area contributed by atoms with Crippen LogP contribution in [0.5, 0.6) is 0 Å². The van der Waals surface area contributed by atoms with Crippen LogP contribution in [0.25, 0.3) is 11.0 Å². The maximum Gasteiger partial charge on any atom is 0.498 e. The zero-order valence-corrected chi connectivity index (χ0v) is 11.0. The standard InChI is InChI=1S/C12H16N5O2/c1-3-15-6-8-4-10-11(5-9(8)7-15)17(18)14-12(13)16(10)19-2/h4-5H,3,6-7H2,1-2H3,(H2,13,14,18)/q+1/p+1. The summed E-state index contributed by atoms with van der Waals surface area (Å²) in [6.07, 6.45) is 0. The lowest BCUT2D eigenvalue weighted by Crippen LogP contribution is -2.51. The lowest BCUT2D eigenvalue weighted by molar-refractivity contribution is -0.946. The molecule has 19 heavy (non-hydrogen) atoms. The van der Waals surface area contributed by atoms with Crippen LogP contribution >= 0.6 is 0 Å². The minimum absolute atomic E-state index is 0.0998. The van der Waals surface area contributed by atoms with Gasteiger partial charge in [0, 0.05) is 19.2 Å². The first kappa shape index (κ1) is 11.9. The van der Waals surface area contributed by atoms with Crippen LogP contribution in [0.15, 0.2) is 12.1 Å². The molecule has 0 saturated carbocycles. The average molecular weight is 263 g/mol. The Kier molecular flexibility index (Phi) is 2.63. The van der Waals surface area contributed by atoms with E-state index in [4.69, 9.17) is 10.6 Å². The van der Waals surface area contributed by atoms with E-state index in [1.807, 2.05) is 12.1 Å². The number of fused-ring (bicyclic) bond motifs is 2. The Balaban J connectivity index is 2.26. The molecule has 100 valence electrons. The van der Waals surface area contributed by atoms with Crippen LogP contribution in [0, 0.1) is 0 Å². The van der Waals surface area contributed by atoms with Gasteiger partial charge in [0.05, 0.1) is 0 Å². The third-order valence-electron chi connectivity index (χ3n) is 3.55. The Bertz CT molecular complexity index is 658. The second-order valence-electron chi connectivity index (χ2n) is 4.64. The molecular formula is C12H17N5O2+2. The maximum atomic E-state index is 9.87. The number of hydrogen-bond acceptors (Lipinski definition) is 5. The molecule has 1 aromatic carbocycles. The Labute approximate surface area is 110 Å². The fourth-order valence-corrected chi connectivity index (χ4v) is 2.55. The van der Waals surface area contributed by atoms with Crippen molar-refractivity contribution in [2.75, 3.05) is 19.4 Å². The zero-order chi connectivity index (χ0) is 13.6. The molecule has 1 aromatic heterocycles. The van der Waals surface area contributed by atoms with Gasteiger partial charge in [0.15, 0.2) is 0 Å². The van der Waals surface area contributed by atoms with E-state index in [-0.39, 0.29) is 5.95 Å². The Hall–Kier alpha value is -2.15. The summed E-state index contributed by atoms with van der Waals surface area (Å²) in [7, 11) is 1.52. The van der Waals surface area contributed by atoms with Crippen LogP contribution in [0.4, 0.5) is 5.95 Å². The van der Waals surface area contributed by atoms with E-state index in [0.717, 1.165) is 24.5 Å². The van der Waals surface area contributed by atoms with E-state index in [9.17, 15) is 5.21 Å². The van der Waals surface area contributed by atoms with Gasteiger partial charge in [0.25, 0.3) is 5.10 Å². The van der Waals surface area contributed by atoms with Gasteiger partial charge in [-0.2, -0.15) is 0 Å². The molecule has 0 saturated heterocycles. The zero-order valence-electron chi connectivity index (χ0n) is 11.0. The van der Waals surface area contributed by atoms with Crippen molar-refractivity contribution in [1.29, 1.82) is 0 Å². The van der Waals surface area contributed by atoms with Crippen LogP contribution in [0.2, 0.25) is 0 Å². The predicted molar refractivity (Wildman–Crippen MR) is 66.0 cm³/mol. The molecule has 7 heteroatoms. The summed E-state index contributed by atoms with van der Waals surface area (Å²) in [4.78, 5) is 8.34. The summed E-state index contributed by atoms with van der Waals surface area (Å²) in [5, 5.41) is 13.7. The van der Waals surface area contributed by atoms with Crippen molar-refractivity contribution < 1.29 is 19.6 Å². The van der Waals surface area contributed by atoms with Crippen LogP contribution < -0.4 is 20.1 Å². The second-order valence-corrected chi connectivity index (χ2v) is 4.64.